The van der Waals surface area contributed by atoms with E-state index in [1.54, 1.807) is 36.9 Å². The largest absolute Gasteiger partial charge is 0.469 e. The molecule has 0 radical (unpaired) electrons. The maximum absolute atomic E-state index is 13.8. The van der Waals surface area contributed by atoms with Gasteiger partial charge in [0.25, 0.3) is 0 Å². The second-order valence-electron chi connectivity index (χ2n) is 6.40. The second kappa shape index (κ2) is 7.52. The number of nitrogens with one attached hydrogen (secondary N) is 1. The number of hydrogen-bond acceptors (Lipinski definition) is 6. The van der Waals surface area contributed by atoms with Crippen LogP contribution in [0.1, 0.15) is 5.56 Å². The highest BCUT2D eigenvalue weighted by molar-refractivity contribution is 7.99. The molecule has 0 saturated carbocycles. The van der Waals surface area contributed by atoms with Crippen LogP contribution in [0.4, 0.5) is 15.8 Å². The standard InChI is InChI=1S/C21H18FN3O2S/c1-12-8-14(2-4-16(12)22)20-15(10-17(23)21(25-20)27-7-6-26)13-3-5-18-19(9-13)28-11-24-18/h2-6,8-10,24H,7,11,23H2,1H3. The van der Waals surface area contributed by atoms with Crippen molar-refractivity contribution in [3.8, 4) is 28.3 Å². The Morgan fingerprint density at radius 2 is 2.07 bits per heavy atom. The van der Waals surface area contributed by atoms with Gasteiger partial charge in [0.15, 0.2) is 6.29 Å². The average Bonchev–Trinajstić information content (AvgIpc) is 3.17. The number of fused-ring (bicyclic) bond motifs is 1. The Balaban J connectivity index is 1.89. The van der Waals surface area contributed by atoms with E-state index in [1.165, 1.54) is 6.07 Å². The third kappa shape index (κ3) is 3.41. The van der Waals surface area contributed by atoms with E-state index < -0.39 is 0 Å². The Hall–Kier alpha value is -3.06. The fraction of sp³-hybridized carbons (Fsp3) is 0.143. The molecule has 0 bridgehead atoms. The van der Waals surface area contributed by atoms with E-state index in [1.807, 2.05) is 12.1 Å². The Kier molecular flexibility index (Phi) is 4.92. The van der Waals surface area contributed by atoms with Crippen LogP contribution in [0, 0.1) is 12.7 Å². The zero-order chi connectivity index (χ0) is 19.7. The zero-order valence-corrected chi connectivity index (χ0v) is 16.0. The number of rotatable bonds is 5. The van der Waals surface area contributed by atoms with Crippen molar-refractivity contribution in [1.29, 1.82) is 0 Å². The highest BCUT2D eigenvalue weighted by atomic mass is 32.2. The number of pyridine rings is 1. The summed E-state index contributed by atoms with van der Waals surface area (Å²) in [6.45, 7) is 1.57. The van der Waals surface area contributed by atoms with Crippen molar-refractivity contribution in [1.82, 2.24) is 4.98 Å². The van der Waals surface area contributed by atoms with Gasteiger partial charge in [0.05, 0.1) is 17.3 Å². The third-order valence-corrected chi connectivity index (χ3v) is 5.46. The van der Waals surface area contributed by atoms with Crippen molar-refractivity contribution in [3.63, 3.8) is 0 Å². The number of carbonyl (C=O) groups is 1. The smallest absolute Gasteiger partial charge is 0.238 e. The molecular weight excluding hydrogens is 377 g/mol. The number of carbonyl (C=O) groups excluding carboxylic acids is 1. The Morgan fingerprint density at radius 1 is 1.25 bits per heavy atom. The van der Waals surface area contributed by atoms with Gasteiger partial charge in [-0.3, -0.25) is 4.79 Å². The SMILES string of the molecule is Cc1cc(-c2nc(OCC=O)c(N)cc2-c2ccc3c(c2)SCN3)ccc1F. The first-order chi connectivity index (χ1) is 13.6. The summed E-state index contributed by atoms with van der Waals surface area (Å²) in [6, 6.07) is 12.7. The van der Waals surface area contributed by atoms with Crippen LogP contribution in [0.2, 0.25) is 0 Å². The quantitative estimate of drug-likeness (QED) is 0.620. The molecule has 1 aliphatic heterocycles. The van der Waals surface area contributed by atoms with Gasteiger partial charge in [-0.05, 0) is 54.4 Å². The number of nitrogens with two attached hydrogens (primary N) is 1. The van der Waals surface area contributed by atoms with Gasteiger partial charge in [0.2, 0.25) is 5.88 Å². The molecule has 0 unspecified atom stereocenters. The zero-order valence-electron chi connectivity index (χ0n) is 15.2. The summed E-state index contributed by atoms with van der Waals surface area (Å²) in [6.07, 6.45) is 0.640. The summed E-state index contributed by atoms with van der Waals surface area (Å²) in [5, 5.41) is 3.31. The minimum absolute atomic E-state index is 0.139. The van der Waals surface area contributed by atoms with Crippen molar-refractivity contribution in [2.45, 2.75) is 11.8 Å². The predicted molar refractivity (Wildman–Crippen MR) is 110 cm³/mol. The lowest BCUT2D eigenvalue weighted by Crippen LogP contribution is -2.05. The van der Waals surface area contributed by atoms with Crippen LogP contribution >= 0.6 is 11.8 Å². The van der Waals surface area contributed by atoms with Gasteiger partial charge in [0, 0.05) is 21.7 Å². The highest BCUT2D eigenvalue weighted by Gasteiger charge is 2.18. The van der Waals surface area contributed by atoms with Crippen LogP contribution < -0.4 is 15.8 Å². The minimum Gasteiger partial charge on any atom is -0.469 e. The molecule has 7 heteroatoms. The van der Waals surface area contributed by atoms with Gasteiger partial charge in [-0.1, -0.05) is 6.07 Å². The van der Waals surface area contributed by atoms with Crippen LogP contribution in [0.25, 0.3) is 22.4 Å². The normalized spacial score (nSPS) is 12.4. The number of nitrogens with zero attached hydrogens (tertiary/aromatic N) is 1. The van der Waals surface area contributed by atoms with Crippen LogP contribution in [0.5, 0.6) is 5.88 Å². The van der Waals surface area contributed by atoms with Crippen LogP contribution in [-0.2, 0) is 4.79 Å². The molecule has 0 aliphatic carbocycles. The molecule has 1 aromatic heterocycles. The molecule has 0 saturated heterocycles. The first kappa shape index (κ1) is 18.3. The number of nitrogen functional groups attached to an aromatic ring is 1. The van der Waals surface area contributed by atoms with Crippen LogP contribution in [0.15, 0.2) is 47.4 Å². The van der Waals surface area contributed by atoms with E-state index >= 15 is 0 Å². The number of thioether (sulfide) groups is 1. The minimum atomic E-state index is -0.279. The maximum atomic E-state index is 13.8. The van der Waals surface area contributed by atoms with Gasteiger partial charge >= 0.3 is 0 Å². The molecule has 142 valence electrons. The number of benzene rings is 2. The van der Waals surface area contributed by atoms with Crippen molar-refractivity contribution < 1.29 is 13.9 Å². The van der Waals surface area contributed by atoms with Crippen molar-refractivity contribution in [2.75, 3.05) is 23.5 Å². The van der Waals surface area contributed by atoms with Crippen molar-refractivity contribution in [3.05, 3.63) is 53.8 Å². The molecule has 28 heavy (non-hydrogen) atoms. The van der Waals surface area contributed by atoms with E-state index in [-0.39, 0.29) is 18.3 Å². The monoisotopic (exact) mass is 395 g/mol. The van der Waals surface area contributed by atoms with E-state index in [0.29, 0.717) is 23.2 Å². The second-order valence-corrected chi connectivity index (χ2v) is 7.41. The molecular formula is C21H18FN3O2S. The van der Waals surface area contributed by atoms with Gasteiger partial charge in [-0.2, -0.15) is 0 Å². The molecule has 5 nitrogen and oxygen atoms in total. The topological polar surface area (TPSA) is 77.2 Å². The lowest BCUT2D eigenvalue weighted by Gasteiger charge is -2.15. The van der Waals surface area contributed by atoms with E-state index in [2.05, 4.69) is 16.4 Å². The summed E-state index contributed by atoms with van der Waals surface area (Å²) in [5.41, 5.74) is 11.2. The molecule has 2 heterocycles. The number of aryl methyl sites for hydroxylation is 1. The summed E-state index contributed by atoms with van der Waals surface area (Å²) in [4.78, 5) is 16.4. The molecule has 1 aliphatic rings. The molecule has 3 N–H and O–H groups in total. The first-order valence-corrected chi connectivity index (χ1v) is 9.70. The average molecular weight is 395 g/mol. The number of anilines is 2. The van der Waals surface area contributed by atoms with Crippen LogP contribution in [0.3, 0.4) is 0 Å². The summed E-state index contributed by atoms with van der Waals surface area (Å²) in [7, 11) is 0. The third-order valence-electron chi connectivity index (χ3n) is 4.52. The highest BCUT2D eigenvalue weighted by Crippen LogP contribution is 2.41. The van der Waals surface area contributed by atoms with Crippen molar-refractivity contribution in [2.24, 2.45) is 0 Å². The van der Waals surface area contributed by atoms with Crippen molar-refractivity contribution >= 4 is 29.4 Å². The lowest BCUT2D eigenvalue weighted by atomic mass is 9.97. The fourth-order valence-electron chi connectivity index (χ4n) is 3.12. The first-order valence-electron chi connectivity index (χ1n) is 8.71. The van der Waals surface area contributed by atoms with Gasteiger partial charge in [0.1, 0.15) is 12.4 Å². The number of hydrogen-bond donors (Lipinski definition) is 2. The van der Waals surface area contributed by atoms with E-state index in [4.69, 9.17) is 10.5 Å². The molecule has 3 aromatic rings. The Labute approximate surface area is 166 Å². The van der Waals surface area contributed by atoms with Gasteiger partial charge in [-0.25, -0.2) is 9.37 Å². The summed E-state index contributed by atoms with van der Waals surface area (Å²) < 4.78 is 19.2. The fourth-order valence-corrected chi connectivity index (χ4v) is 4.01. The lowest BCUT2D eigenvalue weighted by molar-refractivity contribution is -0.109. The Morgan fingerprint density at radius 3 is 2.86 bits per heavy atom. The molecule has 2 aromatic carbocycles. The van der Waals surface area contributed by atoms with E-state index in [9.17, 15) is 9.18 Å². The molecule has 0 spiro atoms. The predicted octanol–water partition coefficient (Wildman–Crippen LogP) is 4.50. The number of aldehydes is 1. The molecule has 4 rings (SSSR count). The Bertz CT molecular complexity index is 1070. The van der Waals surface area contributed by atoms with Crippen LogP contribution in [-0.4, -0.2) is 23.8 Å². The van der Waals surface area contributed by atoms with Gasteiger partial charge < -0.3 is 15.8 Å². The number of ether oxygens (including phenoxy) is 1. The molecule has 0 fully saturated rings. The maximum Gasteiger partial charge on any atom is 0.238 e. The number of halogens is 1. The molecule has 0 atom stereocenters. The molecule has 0 amide bonds. The summed E-state index contributed by atoms with van der Waals surface area (Å²) in [5.74, 6) is 0.741. The summed E-state index contributed by atoms with van der Waals surface area (Å²) >= 11 is 1.73. The van der Waals surface area contributed by atoms with Gasteiger partial charge in [-0.15, -0.1) is 11.8 Å². The number of aromatic nitrogens is 1. The van der Waals surface area contributed by atoms with E-state index in [0.717, 1.165) is 33.2 Å².